The van der Waals surface area contributed by atoms with Crippen LogP contribution in [0.25, 0.3) is 28.0 Å². The lowest BCUT2D eigenvalue weighted by molar-refractivity contribution is -0.140. The largest absolute Gasteiger partial charge is 0.488 e. The Bertz CT molecular complexity index is 2540. The first-order valence-corrected chi connectivity index (χ1v) is 25.2. The van der Waals surface area contributed by atoms with Crippen LogP contribution in [0.1, 0.15) is 128 Å². The average Bonchev–Trinajstić information content (AvgIpc) is 4.17. The summed E-state index contributed by atoms with van der Waals surface area (Å²) < 4.78 is 35.1. The fourth-order valence-electron chi connectivity index (χ4n) is 12.7. The normalized spacial score (nSPS) is 29.7. The minimum Gasteiger partial charge on any atom is -0.488 e. The highest BCUT2D eigenvalue weighted by molar-refractivity contribution is 6.04. The number of rotatable bonds is 10. The van der Waals surface area contributed by atoms with Gasteiger partial charge in [-0.25, -0.2) is 14.6 Å². The number of amides is 4. The molecule has 3 N–H and O–H groups in total. The lowest BCUT2D eigenvalue weighted by Gasteiger charge is -2.39. The van der Waals surface area contributed by atoms with Crippen LogP contribution in [-0.2, 0) is 41.8 Å². The van der Waals surface area contributed by atoms with Crippen molar-refractivity contribution in [3.05, 3.63) is 59.2 Å². The third-order valence-electron chi connectivity index (χ3n) is 15.8. The number of nitrogens with one attached hydrogen (secondary N) is 3. The van der Waals surface area contributed by atoms with Gasteiger partial charge in [0.1, 0.15) is 42.6 Å². The number of aromatic amines is 1. The van der Waals surface area contributed by atoms with Crippen molar-refractivity contribution < 1.29 is 47.6 Å². The number of nitrogens with zero attached hydrogens (tertiary/aromatic N) is 4. The van der Waals surface area contributed by atoms with Gasteiger partial charge in [-0.1, -0.05) is 0 Å². The number of ether oxygens (including phenoxy) is 6. The first-order chi connectivity index (χ1) is 33.7. The monoisotopic (exact) mass is 961 g/mol. The summed E-state index contributed by atoms with van der Waals surface area (Å²) in [5.41, 5.74) is 8.77. The second-order valence-corrected chi connectivity index (χ2v) is 20.8. The van der Waals surface area contributed by atoms with Crippen molar-refractivity contribution in [1.29, 1.82) is 0 Å². The molecule has 0 spiro atoms. The van der Waals surface area contributed by atoms with E-state index in [1.807, 2.05) is 49.9 Å². The number of imidazole rings is 1. The molecule has 4 amide bonds. The second-order valence-electron chi connectivity index (χ2n) is 20.8. The highest BCUT2D eigenvalue weighted by Crippen LogP contribution is 2.51. The molecule has 374 valence electrons. The Kier molecular flexibility index (Phi) is 13.2. The maximum absolute atomic E-state index is 14.6. The van der Waals surface area contributed by atoms with Gasteiger partial charge in [0.2, 0.25) is 11.8 Å². The van der Waals surface area contributed by atoms with E-state index in [9.17, 15) is 19.2 Å². The maximum atomic E-state index is 14.6. The van der Waals surface area contributed by atoms with E-state index in [0.29, 0.717) is 51.1 Å². The molecule has 1 aromatic heterocycles. The Morgan fingerprint density at radius 2 is 1.16 bits per heavy atom. The van der Waals surface area contributed by atoms with E-state index < -0.39 is 24.3 Å². The highest BCUT2D eigenvalue weighted by Gasteiger charge is 2.47. The van der Waals surface area contributed by atoms with Crippen molar-refractivity contribution in [2.24, 2.45) is 16.8 Å². The van der Waals surface area contributed by atoms with Crippen LogP contribution in [0.3, 0.4) is 0 Å². The van der Waals surface area contributed by atoms with Crippen LogP contribution in [0, 0.1) is 11.8 Å². The van der Waals surface area contributed by atoms with E-state index in [4.69, 9.17) is 38.4 Å². The van der Waals surface area contributed by atoms with E-state index in [2.05, 4.69) is 53.7 Å². The van der Waals surface area contributed by atoms with E-state index in [-0.39, 0.29) is 72.2 Å². The molecule has 4 saturated heterocycles. The zero-order chi connectivity index (χ0) is 49.1. The Balaban J connectivity index is 0.852. The smallest absolute Gasteiger partial charge is 0.407 e. The van der Waals surface area contributed by atoms with Gasteiger partial charge >= 0.3 is 12.2 Å². The standard InChI is InChI=1S/C53H67N7O10/c1-26-9-11-41(59(26)50(61)47(57-52(63)65-7)34-13-28(3)69-29(4)14-34)39-19-36(22-54-39)32-17-37-24-68-44-21-33(18-38-25-67-43(20-32)45(37)46(38)44)40-23-55-49(56-40)42-12-10-27(2)60(42)51(62)48(58-53(64)66-8)35-15-30(5)70-31(6)16-35/h17-18,20-23,26-31,34-35,41-42,47-48H,9-16,19,24-25H2,1-8H3,(H,55,56)(H,57,63)(H,58,64)/t26-,27-,28-,29+,30-,31+,34?,35?,41-,42-,47-,48-/m0/s1. The van der Waals surface area contributed by atoms with Gasteiger partial charge in [0.05, 0.1) is 62.6 Å². The van der Waals surface area contributed by atoms with Crippen LogP contribution in [0.2, 0.25) is 0 Å². The van der Waals surface area contributed by atoms with Crippen molar-refractivity contribution >= 4 is 35.3 Å². The molecule has 0 aliphatic carbocycles. The van der Waals surface area contributed by atoms with Crippen LogP contribution in [0.15, 0.2) is 41.7 Å². The van der Waals surface area contributed by atoms with Gasteiger partial charge < -0.3 is 53.8 Å². The second kappa shape index (κ2) is 19.3. The summed E-state index contributed by atoms with van der Waals surface area (Å²) in [7, 11) is 2.64. The van der Waals surface area contributed by atoms with Crippen molar-refractivity contribution in [3.63, 3.8) is 0 Å². The summed E-state index contributed by atoms with van der Waals surface area (Å²) in [6, 6.07) is 6.39. The zero-order valence-corrected chi connectivity index (χ0v) is 41.5. The molecule has 12 atom stereocenters. The van der Waals surface area contributed by atoms with E-state index in [0.717, 1.165) is 87.5 Å². The Labute approximate surface area is 409 Å². The van der Waals surface area contributed by atoms with Crippen molar-refractivity contribution in [1.82, 2.24) is 30.4 Å². The molecule has 10 rings (SSSR count). The third kappa shape index (κ3) is 9.03. The number of carbonyl (C=O) groups is 4. The quantitative estimate of drug-likeness (QED) is 0.178. The van der Waals surface area contributed by atoms with Crippen LogP contribution < -0.4 is 20.1 Å². The lowest BCUT2D eigenvalue weighted by atomic mass is 9.85. The number of aliphatic imine (C=N–C) groups is 1. The van der Waals surface area contributed by atoms with Gasteiger partial charge in [-0.05, 0) is 140 Å². The summed E-state index contributed by atoms with van der Waals surface area (Å²) >= 11 is 0. The number of allylic oxidation sites excluding steroid dienone is 1. The number of likely N-dealkylation sites (tertiary alicyclic amines) is 2. The number of aromatic nitrogens is 2. The number of carbonyl (C=O) groups excluding carboxylic acids is 4. The molecule has 17 heteroatoms. The van der Waals surface area contributed by atoms with Gasteiger partial charge in [-0.2, -0.15) is 0 Å². The molecule has 2 unspecified atom stereocenters. The lowest BCUT2D eigenvalue weighted by Crippen LogP contribution is -2.57. The van der Waals surface area contributed by atoms with Gasteiger partial charge in [-0.15, -0.1) is 0 Å². The summed E-state index contributed by atoms with van der Waals surface area (Å²) in [6.45, 7) is 12.9. The first kappa shape index (κ1) is 47.7. The number of alkyl carbamates (subject to hydrolysis) is 2. The van der Waals surface area contributed by atoms with Crippen LogP contribution in [-0.4, -0.2) is 118 Å². The Morgan fingerprint density at radius 3 is 1.69 bits per heavy atom. The van der Waals surface area contributed by atoms with Crippen LogP contribution in [0.4, 0.5) is 9.59 Å². The molecule has 70 heavy (non-hydrogen) atoms. The first-order valence-electron chi connectivity index (χ1n) is 25.2. The van der Waals surface area contributed by atoms with Gasteiger partial charge in [-0.3, -0.25) is 14.6 Å². The van der Waals surface area contributed by atoms with Crippen LogP contribution >= 0.6 is 0 Å². The van der Waals surface area contributed by atoms with E-state index >= 15 is 0 Å². The minimum absolute atomic E-state index is 0.0197. The van der Waals surface area contributed by atoms with Gasteiger partial charge in [0.15, 0.2) is 0 Å². The average molecular weight is 962 g/mol. The number of benzene rings is 2. The fraction of sp³-hybridized carbons (Fsp3) is 0.585. The molecule has 0 radical (unpaired) electrons. The molecule has 4 fully saturated rings. The molecule has 7 aliphatic heterocycles. The molecular weight excluding hydrogens is 895 g/mol. The van der Waals surface area contributed by atoms with Gasteiger partial charge in [0.25, 0.3) is 0 Å². The molecule has 0 bridgehead atoms. The predicted octanol–water partition coefficient (Wildman–Crippen LogP) is 8.00. The van der Waals surface area contributed by atoms with Crippen molar-refractivity contribution in [2.75, 3.05) is 14.2 Å². The number of H-pyrrole nitrogens is 1. The number of hydrogen-bond donors (Lipinski definition) is 3. The van der Waals surface area contributed by atoms with Gasteiger partial charge in [0, 0.05) is 58.2 Å². The van der Waals surface area contributed by atoms with Crippen molar-refractivity contribution in [3.8, 4) is 33.9 Å². The fourth-order valence-corrected chi connectivity index (χ4v) is 12.7. The minimum atomic E-state index is -0.758. The number of hydrogen-bond acceptors (Lipinski definition) is 12. The topological polar surface area (TPSA) is 195 Å². The highest BCUT2D eigenvalue weighted by atomic mass is 16.5. The molecular formula is C53H67N7O10. The van der Waals surface area contributed by atoms with E-state index in [1.165, 1.54) is 14.2 Å². The summed E-state index contributed by atoms with van der Waals surface area (Å²) in [5, 5.41) is 5.79. The molecule has 3 aromatic rings. The Hall–Kier alpha value is -5.94. The third-order valence-corrected chi connectivity index (χ3v) is 15.8. The Morgan fingerprint density at radius 1 is 0.671 bits per heavy atom. The molecule has 8 heterocycles. The SMILES string of the molecule is COC(=O)N[C@H](C(=O)N1[C@@H](C)CC[C@H]1C1=NC=C(c2cc3c4c(c2)OCc2cc(-c5cnc([C@@H]6CC[C@H](C)N6C(=O)[C@@H](NC(=O)OC)C6C[C@@H](C)O[C@@H](C)C6)[nH]5)cc(c2-4)OC3)C1)C1C[C@@H](C)O[C@@H](C)C1. The maximum Gasteiger partial charge on any atom is 0.407 e. The predicted molar refractivity (Wildman–Crippen MR) is 260 cm³/mol. The number of methoxy groups -OCH3 is 2. The summed E-state index contributed by atoms with van der Waals surface area (Å²) in [5.74, 6) is 1.82. The molecule has 0 saturated carbocycles. The molecule has 17 nitrogen and oxygen atoms in total. The van der Waals surface area contributed by atoms with Crippen molar-refractivity contribution in [2.45, 2.75) is 173 Å². The molecule has 7 aliphatic rings. The van der Waals surface area contributed by atoms with Crippen LogP contribution in [0.5, 0.6) is 11.5 Å². The summed E-state index contributed by atoms with van der Waals surface area (Å²) in [6.07, 6.45) is 8.73. The zero-order valence-electron chi connectivity index (χ0n) is 41.5. The molecule has 2 aromatic carbocycles. The van der Waals surface area contributed by atoms with E-state index in [1.54, 1.807) is 0 Å². The summed E-state index contributed by atoms with van der Waals surface area (Å²) in [4.78, 5) is 71.6.